The van der Waals surface area contributed by atoms with Crippen LogP contribution in [0.15, 0.2) is 24.3 Å². The number of benzene rings is 1. The minimum absolute atomic E-state index is 0.384. The molecule has 1 N–H and O–H groups in total. The van der Waals surface area contributed by atoms with Crippen LogP contribution in [0.1, 0.15) is 31.7 Å². The minimum atomic E-state index is -1.50. The molecule has 0 heterocycles. The molecule has 0 spiro atoms. The third kappa shape index (κ3) is 5.60. The number of nitriles is 1. The van der Waals surface area contributed by atoms with Gasteiger partial charge in [-0.05, 0) is 30.0 Å². The number of carbonyl (C=O) groups is 3. The van der Waals surface area contributed by atoms with Crippen LogP contribution in [-0.2, 0) is 14.3 Å². The van der Waals surface area contributed by atoms with Gasteiger partial charge in [0.2, 0.25) is 5.91 Å². The second kappa shape index (κ2) is 9.42. The van der Waals surface area contributed by atoms with Crippen molar-refractivity contribution in [1.29, 1.82) is 5.26 Å². The highest BCUT2D eigenvalue weighted by atomic mass is 16.5. The molecule has 2 atom stereocenters. The van der Waals surface area contributed by atoms with E-state index >= 15 is 0 Å². The third-order valence-electron chi connectivity index (χ3n) is 3.95. The summed E-state index contributed by atoms with van der Waals surface area (Å²) in [6.45, 7) is 3.82. The van der Waals surface area contributed by atoms with Crippen LogP contribution in [0.25, 0.3) is 0 Å². The summed E-state index contributed by atoms with van der Waals surface area (Å²) in [5.41, 5.74) is 1.65. The van der Waals surface area contributed by atoms with Crippen LogP contribution in [0.3, 0.4) is 0 Å². The molecule has 0 bridgehead atoms. The van der Waals surface area contributed by atoms with E-state index in [1.54, 1.807) is 18.2 Å². The molecule has 25 heavy (non-hydrogen) atoms. The van der Waals surface area contributed by atoms with E-state index in [9.17, 15) is 14.4 Å². The molecule has 0 aliphatic rings. The minimum Gasteiger partial charge on any atom is -0.453 e. The molecule has 7 heteroatoms. The van der Waals surface area contributed by atoms with Gasteiger partial charge in [0.05, 0.1) is 19.7 Å². The lowest BCUT2D eigenvalue weighted by Crippen LogP contribution is -2.38. The number of methoxy groups -OCH3 is 1. The van der Waals surface area contributed by atoms with E-state index in [1.165, 1.54) is 14.2 Å². The van der Waals surface area contributed by atoms with E-state index in [0.717, 1.165) is 16.9 Å². The molecule has 0 saturated carbocycles. The zero-order valence-electron chi connectivity index (χ0n) is 14.9. The molecule has 2 unspecified atom stereocenters. The van der Waals surface area contributed by atoms with Crippen molar-refractivity contribution in [2.75, 3.05) is 26.0 Å². The lowest BCUT2D eigenvalue weighted by Gasteiger charge is -2.16. The standard InChI is InChI=1S/C18H23N3O4/c1-5-12(2)13-6-8-14(9-7-13)20-17(23)15(10-19)16(22)11-21(3)18(24)25-4/h6-9,12,15H,5,11H2,1-4H3,(H,20,23). The van der Waals surface area contributed by atoms with Gasteiger partial charge in [-0.3, -0.25) is 9.59 Å². The molecule has 7 nitrogen and oxygen atoms in total. The summed E-state index contributed by atoms with van der Waals surface area (Å²) in [5, 5.41) is 11.7. The molecule has 1 rings (SSSR count). The lowest BCUT2D eigenvalue weighted by atomic mass is 9.98. The van der Waals surface area contributed by atoms with E-state index < -0.39 is 23.7 Å². The summed E-state index contributed by atoms with van der Waals surface area (Å²) in [5.74, 6) is -2.49. The van der Waals surface area contributed by atoms with Crippen LogP contribution in [0.5, 0.6) is 0 Å². The zero-order chi connectivity index (χ0) is 19.0. The molecular weight excluding hydrogens is 322 g/mol. The van der Waals surface area contributed by atoms with Crippen molar-refractivity contribution in [3.05, 3.63) is 29.8 Å². The Morgan fingerprint density at radius 3 is 2.36 bits per heavy atom. The topological polar surface area (TPSA) is 99.5 Å². The quantitative estimate of drug-likeness (QED) is 0.766. The van der Waals surface area contributed by atoms with Crippen molar-refractivity contribution in [2.24, 2.45) is 5.92 Å². The number of hydrogen-bond donors (Lipinski definition) is 1. The lowest BCUT2D eigenvalue weighted by molar-refractivity contribution is -0.129. The summed E-state index contributed by atoms with van der Waals surface area (Å²) >= 11 is 0. The average Bonchev–Trinajstić information content (AvgIpc) is 2.61. The average molecular weight is 345 g/mol. The van der Waals surface area contributed by atoms with Crippen molar-refractivity contribution in [3.8, 4) is 6.07 Å². The van der Waals surface area contributed by atoms with E-state index in [2.05, 4.69) is 23.9 Å². The first-order valence-corrected chi connectivity index (χ1v) is 7.96. The molecular formula is C18H23N3O4. The number of nitrogens with zero attached hydrogens (tertiary/aromatic N) is 2. The highest BCUT2D eigenvalue weighted by Gasteiger charge is 2.28. The predicted octanol–water partition coefficient (Wildman–Crippen LogP) is 2.55. The van der Waals surface area contributed by atoms with E-state index in [1.807, 2.05) is 12.1 Å². The monoisotopic (exact) mass is 345 g/mol. The predicted molar refractivity (Wildman–Crippen MR) is 92.9 cm³/mol. The van der Waals surface area contributed by atoms with Crippen molar-refractivity contribution >= 4 is 23.5 Å². The number of rotatable bonds is 7. The normalized spacial score (nSPS) is 12.4. The maximum Gasteiger partial charge on any atom is 0.409 e. The fourth-order valence-corrected chi connectivity index (χ4v) is 2.17. The molecule has 0 aliphatic heterocycles. The Bertz CT molecular complexity index is 664. The van der Waals surface area contributed by atoms with Gasteiger partial charge in [0.1, 0.15) is 0 Å². The summed E-state index contributed by atoms with van der Waals surface area (Å²) < 4.78 is 4.47. The number of Topliss-reactive ketones (excluding diaryl/α,β-unsaturated/α-hetero) is 1. The molecule has 2 amide bonds. The first-order valence-electron chi connectivity index (χ1n) is 7.96. The number of amides is 2. The van der Waals surface area contributed by atoms with Crippen LogP contribution in [0, 0.1) is 17.2 Å². The second-order valence-corrected chi connectivity index (χ2v) is 5.78. The van der Waals surface area contributed by atoms with Gasteiger partial charge >= 0.3 is 6.09 Å². The van der Waals surface area contributed by atoms with E-state index in [0.29, 0.717) is 11.6 Å². The maximum atomic E-state index is 12.2. The molecule has 1 aromatic carbocycles. The third-order valence-corrected chi connectivity index (χ3v) is 3.95. The molecule has 0 aromatic heterocycles. The molecule has 0 saturated heterocycles. The second-order valence-electron chi connectivity index (χ2n) is 5.78. The summed E-state index contributed by atoms with van der Waals surface area (Å²) in [6, 6.07) is 8.95. The number of ketones is 1. The van der Waals surface area contributed by atoms with E-state index in [4.69, 9.17) is 5.26 Å². The number of likely N-dealkylation sites (N-methyl/N-ethyl adjacent to an activating group) is 1. The Labute approximate surface area is 147 Å². The van der Waals surface area contributed by atoms with Gasteiger partial charge in [0, 0.05) is 12.7 Å². The fourth-order valence-electron chi connectivity index (χ4n) is 2.17. The van der Waals surface area contributed by atoms with Gasteiger partial charge in [-0.2, -0.15) is 5.26 Å². The molecule has 1 aromatic rings. The number of ether oxygens (including phenoxy) is 1. The van der Waals surface area contributed by atoms with Gasteiger partial charge < -0.3 is 15.0 Å². The Morgan fingerprint density at radius 1 is 1.28 bits per heavy atom. The van der Waals surface area contributed by atoms with Crippen LogP contribution in [0.2, 0.25) is 0 Å². The molecule has 134 valence electrons. The number of hydrogen-bond acceptors (Lipinski definition) is 5. The van der Waals surface area contributed by atoms with Crippen LogP contribution < -0.4 is 5.32 Å². The van der Waals surface area contributed by atoms with Crippen molar-refractivity contribution in [1.82, 2.24) is 4.90 Å². The van der Waals surface area contributed by atoms with Crippen molar-refractivity contribution in [3.63, 3.8) is 0 Å². The smallest absolute Gasteiger partial charge is 0.409 e. The van der Waals surface area contributed by atoms with Gasteiger partial charge in [-0.25, -0.2) is 4.79 Å². The Hall–Kier alpha value is -2.88. The first-order chi connectivity index (χ1) is 11.8. The Kier molecular flexibility index (Phi) is 7.60. The van der Waals surface area contributed by atoms with Crippen LogP contribution in [0.4, 0.5) is 10.5 Å². The van der Waals surface area contributed by atoms with Gasteiger partial charge in [0.25, 0.3) is 0 Å². The fraction of sp³-hybridized carbons (Fsp3) is 0.444. The van der Waals surface area contributed by atoms with E-state index in [-0.39, 0.29) is 6.54 Å². The number of nitrogens with one attached hydrogen (secondary N) is 1. The molecule has 0 aliphatic carbocycles. The summed E-state index contributed by atoms with van der Waals surface area (Å²) in [7, 11) is 2.53. The highest BCUT2D eigenvalue weighted by molar-refractivity contribution is 6.10. The SMILES string of the molecule is CCC(C)c1ccc(NC(=O)C(C#N)C(=O)CN(C)C(=O)OC)cc1. The van der Waals surface area contributed by atoms with Crippen molar-refractivity contribution < 1.29 is 19.1 Å². The van der Waals surface area contributed by atoms with Gasteiger partial charge in [0.15, 0.2) is 11.7 Å². The molecule has 0 fully saturated rings. The molecule has 0 radical (unpaired) electrons. The van der Waals surface area contributed by atoms with Gasteiger partial charge in [-0.15, -0.1) is 0 Å². The summed E-state index contributed by atoms with van der Waals surface area (Å²) in [6.07, 6.45) is 0.288. The first kappa shape index (κ1) is 20.2. The summed E-state index contributed by atoms with van der Waals surface area (Å²) in [4.78, 5) is 36.6. The Balaban J connectivity index is 2.74. The van der Waals surface area contributed by atoms with Crippen LogP contribution >= 0.6 is 0 Å². The zero-order valence-corrected chi connectivity index (χ0v) is 14.9. The maximum absolute atomic E-state index is 12.2. The highest BCUT2D eigenvalue weighted by Crippen LogP contribution is 2.20. The van der Waals surface area contributed by atoms with Crippen molar-refractivity contribution in [2.45, 2.75) is 26.2 Å². The van der Waals surface area contributed by atoms with Gasteiger partial charge in [-0.1, -0.05) is 26.0 Å². The number of carbonyl (C=O) groups excluding carboxylic acids is 3. The largest absolute Gasteiger partial charge is 0.453 e. The number of anilines is 1. The Morgan fingerprint density at radius 2 is 1.88 bits per heavy atom. The van der Waals surface area contributed by atoms with Crippen LogP contribution in [-0.4, -0.2) is 43.4 Å².